The molecular formula is C35H37Cl2N3O5S. The molecule has 0 radical (unpaired) electrons. The first-order chi connectivity index (χ1) is 22.1. The molecule has 0 aliphatic rings. The van der Waals surface area contributed by atoms with Gasteiger partial charge in [-0.2, -0.15) is 0 Å². The Balaban J connectivity index is 1.82. The van der Waals surface area contributed by atoms with E-state index in [4.69, 9.17) is 27.9 Å². The van der Waals surface area contributed by atoms with Crippen LogP contribution in [0.4, 0.5) is 5.69 Å². The van der Waals surface area contributed by atoms with Crippen LogP contribution in [-0.4, -0.2) is 51.4 Å². The molecule has 0 aliphatic heterocycles. The monoisotopic (exact) mass is 681 g/mol. The number of benzene rings is 4. The van der Waals surface area contributed by atoms with Gasteiger partial charge in [-0.3, -0.25) is 13.9 Å². The largest absolute Gasteiger partial charge is 0.495 e. The van der Waals surface area contributed by atoms with Gasteiger partial charge in [0.2, 0.25) is 11.8 Å². The Kier molecular flexibility index (Phi) is 12.5. The van der Waals surface area contributed by atoms with Crippen LogP contribution in [0.3, 0.4) is 0 Å². The van der Waals surface area contributed by atoms with E-state index in [2.05, 4.69) is 5.32 Å². The summed E-state index contributed by atoms with van der Waals surface area (Å²) in [7, 11) is -2.82. The molecule has 1 atom stereocenters. The Morgan fingerprint density at radius 1 is 0.848 bits per heavy atom. The number of methoxy groups -OCH3 is 1. The molecule has 2 amide bonds. The smallest absolute Gasteiger partial charge is 0.264 e. The fourth-order valence-electron chi connectivity index (χ4n) is 4.96. The number of carbonyl (C=O) groups is 2. The maximum atomic E-state index is 14.6. The average Bonchev–Trinajstić information content (AvgIpc) is 3.07. The quantitative estimate of drug-likeness (QED) is 0.140. The third kappa shape index (κ3) is 8.81. The summed E-state index contributed by atoms with van der Waals surface area (Å²) in [5, 5.41) is 3.61. The van der Waals surface area contributed by atoms with Gasteiger partial charge in [-0.15, -0.1) is 0 Å². The molecule has 0 spiro atoms. The minimum absolute atomic E-state index is 0.00267. The van der Waals surface area contributed by atoms with E-state index in [0.29, 0.717) is 22.2 Å². The van der Waals surface area contributed by atoms with Crippen LogP contribution >= 0.6 is 23.2 Å². The molecule has 242 valence electrons. The maximum Gasteiger partial charge on any atom is 0.264 e. The average molecular weight is 683 g/mol. The summed E-state index contributed by atoms with van der Waals surface area (Å²) in [6, 6.07) is 27.8. The van der Waals surface area contributed by atoms with E-state index in [1.54, 1.807) is 60.7 Å². The lowest BCUT2D eigenvalue weighted by Crippen LogP contribution is -2.53. The SMILES string of the molecule is CCCCNC(=O)[C@@H](Cc1ccccc1)N(Cc1ccc(Cl)c(Cl)c1)C(=O)CN(c1ccccc1OC)S(=O)(=O)c1ccccc1. The Morgan fingerprint density at radius 3 is 2.15 bits per heavy atom. The van der Waals surface area contributed by atoms with Gasteiger partial charge in [0.1, 0.15) is 18.3 Å². The van der Waals surface area contributed by atoms with Crippen molar-refractivity contribution in [2.24, 2.45) is 0 Å². The third-order valence-corrected chi connectivity index (χ3v) is 9.91. The van der Waals surface area contributed by atoms with Gasteiger partial charge in [0.25, 0.3) is 10.0 Å². The molecule has 0 aromatic heterocycles. The number of para-hydroxylation sites is 2. The molecule has 46 heavy (non-hydrogen) atoms. The molecule has 0 saturated heterocycles. The van der Waals surface area contributed by atoms with E-state index in [1.807, 2.05) is 37.3 Å². The molecule has 0 saturated carbocycles. The zero-order valence-corrected chi connectivity index (χ0v) is 28.1. The topological polar surface area (TPSA) is 96.0 Å². The summed E-state index contributed by atoms with van der Waals surface area (Å²) < 4.78 is 34.9. The molecule has 4 rings (SSSR count). The van der Waals surface area contributed by atoms with Crippen molar-refractivity contribution in [3.63, 3.8) is 0 Å². The maximum absolute atomic E-state index is 14.6. The van der Waals surface area contributed by atoms with Crippen molar-refractivity contribution < 1.29 is 22.7 Å². The molecule has 0 aliphatic carbocycles. The van der Waals surface area contributed by atoms with Crippen LogP contribution in [0.1, 0.15) is 30.9 Å². The van der Waals surface area contributed by atoms with Gasteiger partial charge in [0.05, 0.1) is 27.7 Å². The van der Waals surface area contributed by atoms with E-state index >= 15 is 0 Å². The third-order valence-electron chi connectivity index (χ3n) is 7.40. The molecule has 0 bridgehead atoms. The van der Waals surface area contributed by atoms with Crippen LogP contribution in [0.5, 0.6) is 5.75 Å². The molecule has 11 heteroatoms. The van der Waals surface area contributed by atoms with Crippen LogP contribution in [0.2, 0.25) is 10.0 Å². The van der Waals surface area contributed by atoms with Crippen LogP contribution in [-0.2, 0) is 32.6 Å². The first-order valence-corrected chi connectivity index (χ1v) is 17.1. The number of rotatable bonds is 15. The second-order valence-electron chi connectivity index (χ2n) is 10.6. The Morgan fingerprint density at radius 2 is 1.50 bits per heavy atom. The second-order valence-corrected chi connectivity index (χ2v) is 13.3. The molecule has 8 nitrogen and oxygen atoms in total. The number of halogens is 2. The Labute approximate surface area is 280 Å². The molecule has 0 unspecified atom stereocenters. The van der Waals surface area contributed by atoms with Gasteiger partial charge in [0, 0.05) is 19.5 Å². The minimum Gasteiger partial charge on any atom is -0.495 e. The number of amides is 2. The number of sulfonamides is 1. The lowest BCUT2D eigenvalue weighted by atomic mass is 10.0. The predicted molar refractivity (Wildman–Crippen MR) is 183 cm³/mol. The summed E-state index contributed by atoms with van der Waals surface area (Å²) in [5.74, 6) is -0.674. The summed E-state index contributed by atoms with van der Waals surface area (Å²) in [6.45, 7) is 1.82. The van der Waals surface area contributed by atoms with Crippen molar-refractivity contribution in [3.8, 4) is 5.75 Å². The van der Waals surface area contributed by atoms with Crippen molar-refractivity contribution in [2.45, 2.75) is 43.7 Å². The summed E-state index contributed by atoms with van der Waals surface area (Å²) in [4.78, 5) is 29.8. The number of nitrogens with zero attached hydrogens (tertiary/aromatic N) is 2. The number of ether oxygens (including phenoxy) is 1. The van der Waals surface area contributed by atoms with Crippen molar-refractivity contribution in [1.82, 2.24) is 10.2 Å². The number of hydrogen-bond acceptors (Lipinski definition) is 5. The van der Waals surface area contributed by atoms with Gasteiger partial charge < -0.3 is 15.0 Å². The fraction of sp³-hybridized carbons (Fsp3) is 0.257. The van der Waals surface area contributed by atoms with E-state index in [1.165, 1.54) is 24.1 Å². The van der Waals surface area contributed by atoms with Gasteiger partial charge >= 0.3 is 0 Å². The lowest BCUT2D eigenvalue weighted by molar-refractivity contribution is -0.140. The number of carbonyl (C=O) groups excluding carboxylic acids is 2. The molecular weight excluding hydrogens is 645 g/mol. The molecule has 0 heterocycles. The molecule has 4 aromatic rings. The highest BCUT2D eigenvalue weighted by atomic mass is 35.5. The number of unbranched alkanes of at least 4 members (excludes halogenated alkanes) is 1. The van der Waals surface area contributed by atoms with Crippen molar-refractivity contribution in [3.05, 3.63) is 124 Å². The van der Waals surface area contributed by atoms with E-state index in [-0.39, 0.29) is 35.2 Å². The Hall–Kier alpha value is -4.05. The van der Waals surface area contributed by atoms with Gasteiger partial charge in [-0.25, -0.2) is 8.42 Å². The summed E-state index contributed by atoms with van der Waals surface area (Å²) in [6.07, 6.45) is 1.84. The number of hydrogen-bond donors (Lipinski definition) is 1. The first-order valence-electron chi connectivity index (χ1n) is 14.9. The molecule has 4 aromatic carbocycles. The van der Waals surface area contributed by atoms with Crippen molar-refractivity contribution >= 4 is 50.7 Å². The highest BCUT2D eigenvalue weighted by Gasteiger charge is 2.35. The molecule has 0 fully saturated rings. The number of anilines is 1. The van der Waals surface area contributed by atoms with Crippen molar-refractivity contribution in [1.29, 1.82) is 0 Å². The lowest BCUT2D eigenvalue weighted by Gasteiger charge is -2.34. The van der Waals surface area contributed by atoms with E-state index < -0.39 is 28.5 Å². The first kappa shape index (κ1) is 34.8. The van der Waals surface area contributed by atoms with Gasteiger partial charge in [-0.05, 0) is 53.9 Å². The van der Waals surface area contributed by atoms with Crippen LogP contribution in [0.15, 0.2) is 108 Å². The zero-order valence-electron chi connectivity index (χ0n) is 25.7. The highest BCUT2D eigenvalue weighted by Crippen LogP contribution is 2.33. The summed E-state index contributed by atoms with van der Waals surface area (Å²) >= 11 is 12.5. The highest BCUT2D eigenvalue weighted by molar-refractivity contribution is 7.92. The predicted octanol–water partition coefficient (Wildman–Crippen LogP) is 6.75. The van der Waals surface area contributed by atoms with Gasteiger partial charge in [-0.1, -0.05) is 103 Å². The van der Waals surface area contributed by atoms with Crippen molar-refractivity contribution in [2.75, 3.05) is 24.5 Å². The normalized spacial score (nSPS) is 11.8. The van der Waals surface area contributed by atoms with E-state index in [0.717, 1.165) is 22.7 Å². The minimum atomic E-state index is -4.26. The van der Waals surface area contributed by atoms with Gasteiger partial charge in [0.15, 0.2) is 0 Å². The fourth-order valence-corrected chi connectivity index (χ4v) is 6.73. The summed E-state index contributed by atoms with van der Waals surface area (Å²) in [5.41, 5.74) is 1.64. The molecule has 1 N–H and O–H groups in total. The second kappa shape index (κ2) is 16.5. The van der Waals surface area contributed by atoms with Crippen LogP contribution < -0.4 is 14.4 Å². The number of nitrogens with one attached hydrogen (secondary N) is 1. The van der Waals surface area contributed by atoms with E-state index in [9.17, 15) is 18.0 Å². The zero-order chi connectivity index (χ0) is 33.1. The van der Waals surface area contributed by atoms with Crippen LogP contribution in [0, 0.1) is 0 Å². The Bertz CT molecular complexity index is 1720. The standard InChI is InChI=1S/C35H37Cl2N3O5S/c1-3-4-21-38-35(42)32(23-26-13-7-5-8-14-26)39(24-27-19-20-29(36)30(37)22-27)34(41)25-40(31-17-11-12-18-33(31)45-2)46(43,44)28-15-9-6-10-16-28/h5-20,22,32H,3-4,21,23-25H2,1-2H3,(H,38,42)/t32-/m1/s1. The van der Waals surface area contributed by atoms with Crippen LogP contribution in [0.25, 0.3) is 0 Å².